The van der Waals surface area contributed by atoms with E-state index in [0.29, 0.717) is 5.56 Å². The van der Waals surface area contributed by atoms with Gasteiger partial charge in [-0.3, -0.25) is 9.78 Å². The first-order chi connectivity index (χ1) is 13.0. The molecule has 140 valence electrons. The first-order valence-corrected chi connectivity index (χ1v) is 9.61. The summed E-state index contributed by atoms with van der Waals surface area (Å²) in [4.78, 5) is 20.6. The third kappa shape index (κ3) is 3.60. The Morgan fingerprint density at radius 3 is 2.63 bits per heavy atom. The number of carbonyl (C=O) groups excluding carboxylic acids is 1. The third-order valence-electron chi connectivity index (χ3n) is 5.32. The zero-order valence-electron chi connectivity index (χ0n) is 16.1. The molecule has 1 fully saturated rings. The summed E-state index contributed by atoms with van der Waals surface area (Å²) >= 11 is 0. The molecule has 0 unspecified atom stereocenters. The minimum absolute atomic E-state index is 0.00463. The molecule has 0 bridgehead atoms. The van der Waals surface area contributed by atoms with Crippen molar-refractivity contribution < 1.29 is 4.79 Å². The molecular weight excluding hydrogens is 336 g/mol. The second kappa shape index (κ2) is 7.16. The first-order valence-electron chi connectivity index (χ1n) is 9.61. The molecule has 1 saturated heterocycles. The van der Waals surface area contributed by atoms with Crippen molar-refractivity contribution in [1.29, 1.82) is 0 Å². The lowest BCUT2D eigenvalue weighted by molar-refractivity contribution is 0.0931. The summed E-state index contributed by atoms with van der Waals surface area (Å²) in [5, 5.41) is 7.62. The predicted octanol–water partition coefficient (Wildman–Crippen LogP) is 3.64. The highest BCUT2D eigenvalue weighted by Gasteiger charge is 2.18. The van der Waals surface area contributed by atoms with Crippen LogP contribution in [0.3, 0.4) is 0 Å². The van der Waals surface area contributed by atoms with Gasteiger partial charge in [0.15, 0.2) is 0 Å². The number of nitrogens with one attached hydrogen (secondary N) is 3. The molecule has 3 heterocycles. The quantitative estimate of drug-likeness (QED) is 0.666. The SMILES string of the molecule is Cc1cc(-c2[nH]c3cc(C(=O)N[C@H]4CCCNC4)ccc3c2C)cc(C)n1. The van der Waals surface area contributed by atoms with Gasteiger partial charge in [0.2, 0.25) is 0 Å². The van der Waals surface area contributed by atoms with Crippen LogP contribution in [0.15, 0.2) is 30.3 Å². The van der Waals surface area contributed by atoms with E-state index < -0.39 is 0 Å². The highest BCUT2D eigenvalue weighted by molar-refractivity contribution is 6.00. The number of aromatic amines is 1. The second-order valence-corrected chi connectivity index (χ2v) is 7.54. The van der Waals surface area contributed by atoms with E-state index in [1.165, 1.54) is 5.56 Å². The van der Waals surface area contributed by atoms with E-state index >= 15 is 0 Å². The number of benzene rings is 1. The van der Waals surface area contributed by atoms with Crippen molar-refractivity contribution in [2.45, 2.75) is 39.7 Å². The van der Waals surface area contributed by atoms with Crippen LogP contribution in [-0.2, 0) is 0 Å². The maximum atomic E-state index is 12.6. The van der Waals surface area contributed by atoms with Crippen molar-refractivity contribution >= 4 is 16.8 Å². The van der Waals surface area contributed by atoms with E-state index in [-0.39, 0.29) is 11.9 Å². The van der Waals surface area contributed by atoms with Crippen LogP contribution >= 0.6 is 0 Å². The lowest BCUT2D eigenvalue weighted by atomic mass is 10.0. The van der Waals surface area contributed by atoms with Crippen molar-refractivity contribution in [2.24, 2.45) is 0 Å². The van der Waals surface area contributed by atoms with Gasteiger partial charge in [0.05, 0.1) is 0 Å². The summed E-state index contributed by atoms with van der Waals surface area (Å²) in [5.41, 5.74) is 7.11. The monoisotopic (exact) mass is 362 g/mol. The van der Waals surface area contributed by atoms with E-state index in [9.17, 15) is 4.79 Å². The molecule has 1 aliphatic heterocycles. The number of aromatic nitrogens is 2. The lowest BCUT2D eigenvalue weighted by Crippen LogP contribution is -2.45. The number of fused-ring (bicyclic) bond motifs is 1. The number of rotatable bonds is 3. The first kappa shape index (κ1) is 17.7. The fourth-order valence-electron chi connectivity index (χ4n) is 3.99. The Kier molecular flexibility index (Phi) is 4.70. The van der Waals surface area contributed by atoms with Crippen LogP contribution in [0.25, 0.3) is 22.2 Å². The Labute approximate surface area is 159 Å². The predicted molar refractivity (Wildman–Crippen MR) is 109 cm³/mol. The van der Waals surface area contributed by atoms with Crippen LogP contribution in [0.2, 0.25) is 0 Å². The summed E-state index contributed by atoms with van der Waals surface area (Å²) in [6, 6.07) is 10.3. The number of H-pyrrole nitrogens is 1. The van der Waals surface area contributed by atoms with Crippen LogP contribution in [0.5, 0.6) is 0 Å². The Morgan fingerprint density at radius 2 is 1.93 bits per heavy atom. The van der Waals surface area contributed by atoms with Crippen LogP contribution in [0.4, 0.5) is 0 Å². The molecule has 2 aromatic heterocycles. The van der Waals surface area contributed by atoms with Gasteiger partial charge >= 0.3 is 0 Å². The van der Waals surface area contributed by atoms with Crippen molar-refractivity contribution in [3.05, 3.63) is 52.8 Å². The van der Waals surface area contributed by atoms with Gasteiger partial charge in [0.25, 0.3) is 5.91 Å². The number of nitrogens with zero attached hydrogens (tertiary/aromatic N) is 1. The number of hydrogen-bond donors (Lipinski definition) is 3. The van der Waals surface area contributed by atoms with Gasteiger partial charge in [0, 0.05) is 51.7 Å². The number of aryl methyl sites for hydroxylation is 3. The topological polar surface area (TPSA) is 69.8 Å². The number of amides is 1. The molecular formula is C22H26N4O. The van der Waals surface area contributed by atoms with Gasteiger partial charge < -0.3 is 15.6 Å². The standard InChI is InChI=1S/C22H26N4O/c1-13-9-17(10-14(2)24-13)21-15(3)19-7-6-16(11-20(19)26-21)22(27)25-18-5-4-8-23-12-18/h6-7,9-11,18,23,26H,4-5,8,12H2,1-3H3,(H,25,27)/t18-/m0/s1. The molecule has 0 aliphatic carbocycles. The number of hydrogen-bond acceptors (Lipinski definition) is 3. The molecule has 1 atom stereocenters. The highest BCUT2D eigenvalue weighted by atomic mass is 16.1. The second-order valence-electron chi connectivity index (χ2n) is 7.54. The maximum Gasteiger partial charge on any atom is 0.251 e. The fraction of sp³-hybridized carbons (Fsp3) is 0.364. The van der Waals surface area contributed by atoms with E-state index in [2.05, 4.69) is 39.7 Å². The van der Waals surface area contributed by atoms with Crippen molar-refractivity contribution in [3.8, 4) is 11.3 Å². The summed E-state index contributed by atoms with van der Waals surface area (Å²) in [7, 11) is 0. The van der Waals surface area contributed by atoms with Crippen LogP contribution in [0.1, 0.15) is 40.2 Å². The van der Waals surface area contributed by atoms with Gasteiger partial charge in [-0.1, -0.05) is 6.07 Å². The van der Waals surface area contributed by atoms with Crippen LogP contribution in [0, 0.1) is 20.8 Å². The Morgan fingerprint density at radius 1 is 1.15 bits per heavy atom. The summed E-state index contributed by atoms with van der Waals surface area (Å²) in [5.74, 6) is -0.00463. The van der Waals surface area contributed by atoms with Gasteiger partial charge in [-0.05, 0) is 70.0 Å². The zero-order chi connectivity index (χ0) is 19.0. The molecule has 5 heteroatoms. The van der Waals surface area contributed by atoms with Gasteiger partial charge in [-0.15, -0.1) is 0 Å². The molecule has 1 amide bonds. The number of piperidine rings is 1. The van der Waals surface area contributed by atoms with Crippen LogP contribution < -0.4 is 10.6 Å². The molecule has 0 spiro atoms. The number of carbonyl (C=O) groups is 1. The average Bonchev–Trinajstić information content (AvgIpc) is 2.98. The Hall–Kier alpha value is -2.66. The Balaban J connectivity index is 1.65. The molecule has 1 aliphatic rings. The molecule has 3 N–H and O–H groups in total. The van der Waals surface area contributed by atoms with E-state index in [1.807, 2.05) is 32.0 Å². The van der Waals surface area contributed by atoms with E-state index in [0.717, 1.165) is 59.5 Å². The number of pyridine rings is 1. The van der Waals surface area contributed by atoms with E-state index in [1.54, 1.807) is 0 Å². The van der Waals surface area contributed by atoms with E-state index in [4.69, 9.17) is 0 Å². The van der Waals surface area contributed by atoms with Crippen molar-refractivity contribution in [3.63, 3.8) is 0 Å². The molecule has 3 aromatic rings. The smallest absolute Gasteiger partial charge is 0.251 e. The summed E-state index contributed by atoms with van der Waals surface area (Å²) in [6.45, 7) is 8.03. The lowest BCUT2D eigenvalue weighted by Gasteiger charge is -2.23. The van der Waals surface area contributed by atoms with Gasteiger partial charge in [-0.25, -0.2) is 0 Å². The van der Waals surface area contributed by atoms with Gasteiger partial charge in [-0.2, -0.15) is 0 Å². The molecule has 27 heavy (non-hydrogen) atoms. The minimum Gasteiger partial charge on any atom is -0.354 e. The molecule has 1 aromatic carbocycles. The molecule has 0 saturated carbocycles. The van der Waals surface area contributed by atoms with Gasteiger partial charge in [0.1, 0.15) is 0 Å². The zero-order valence-corrected chi connectivity index (χ0v) is 16.1. The molecule has 5 nitrogen and oxygen atoms in total. The molecule has 0 radical (unpaired) electrons. The average molecular weight is 362 g/mol. The largest absolute Gasteiger partial charge is 0.354 e. The maximum absolute atomic E-state index is 12.6. The van der Waals surface area contributed by atoms with Crippen molar-refractivity contribution in [1.82, 2.24) is 20.6 Å². The fourth-order valence-corrected chi connectivity index (χ4v) is 3.99. The highest BCUT2D eigenvalue weighted by Crippen LogP contribution is 2.30. The third-order valence-corrected chi connectivity index (χ3v) is 5.32. The van der Waals surface area contributed by atoms with Crippen molar-refractivity contribution in [2.75, 3.05) is 13.1 Å². The minimum atomic E-state index is -0.00463. The van der Waals surface area contributed by atoms with Crippen LogP contribution in [-0.4, -0.2) is 35.0 Å². The Bertz CT molecular complexity index is 979. The summed E-state index contributed by atoms with van der Waals surface area (Å²) < 4.78 is 0. The molecule has 4 rings (SSSR count). The normalized spacial score (nSPS) is 17.2. The summed E-state index contributed by atoms with van der Waals surface area (Å²) in [6.07, 6.45) is 2.14.